The van der Waals surface area contributed by atoms with Gasteiger partial charge < -0.3 is 9.12 Å². The van der Waals surface area contributed by atoms with E-state index in [1.54, 1.807) is 25.5 Å². The highest BCUT2D eigenvalue weighted by atomic mass is 32.2. The lowest BCUT2D eigenvalue weighted by atomic mass is 10.6. The molecule has 1 atom stereocenters. The predicted octanol–water partition coefficient (Wildman–Crippen LogP) is 0.275. The molecule has 0 fully saturated rings. The lowest BCUT2D eigenvalue weighted by molar-refractivity contribution is 0.526. The molecule has 0 aliphatic rings. The third kappa shape index (κ3) is 1.34. The highest BCUT2D eigenvalue weighted by Crippen LogP contribution is 2.11. The molecule has 1 heterocycles. The van der Waals surface area contributed by atoms with E-state index >= 15 is 0 Å². The average Bonchev–Trinajstić information content (AvgIpc) is 2.07. The normalized spacial score (nSPS) is 13.5. The summed E-state index contributed by atoms with van der Waals surface area (Å²) in [5, 5.41) is 0.266. The van der Waals surface area contributed by atoms with E-state index in [0.717, 1.165) is 0 Å². The smallest absolute Gasteiger partial charge is 0.115 e. The van der Waals surface area contributed by atoms with Crippen molar-refractivity contribution in [2.24, 2.45) is 7.05 Å². The van der Waals surface area contributed by atoms with Crippen molar-refractivity contribution in [3.8, 4) is 0 Å². The molecule has 1 aromatic heterocycles. The first-order valence-electron chi connectivity index (χ1n) is 3.13. The number of aromatic nitrogens is 2. The Balaban J connectivity index is 3.34. The van der Waals surface area contributed by atoms with Crippen LogP contribution in [0.2, 0.25) is 0 Å². The van der Waals surface area contributed by atoms with Gasteiger partial charge in [0.05, 0.1) is 5.69 Å². The molecule has 0 aliphatic carbocycles. The van der Waals surface area contributed by atoms with E-state index in [4.69, 9.17) is 0 Å². The highest BCUT2D eigenvalue weighted by molar-refractivity contribution is 7.79. The van der Waals surface area contributed by atoms with E-state index in [2.05, 4.69) is 4.98 Å². The molecule has 0 saturated carbocycles. The molecule has 0 spiro atoms. The molecular formula is C6H9N2O2S-. The molecule has 1 aromatic rings. The Bertz CT molecular complexity index is 306. The summed E-state index contributed by atoms with van der Waals surface area (Å²) < 4.78 is 22.7. The SMILES string of the molecule is Cc1nc(C)n(C)c1S(=O)[O-]. The van der Waals surface area contributed by atoms with Crippen molar-refractivity contribution in [3.63, 3.8) is 0 Å². The van der Waals surface area contributed by atoms with Gasteiger partial charge in [-0.25, -0.2) is 4.98 Å². The molecular weight excluding hydrogens is 164 g/mol. The lowest BCUT2D eigenvalue weighted by Gasteiger charge is -2.06. The van der Waals surface area contributed by atoms with Gasteiger partial charge in [0.25, 0.3) is 0 Å². The van der Waals surface area contributed by atoms with Crippen LogP contribution < -0.4 is 0 Å². The fourth-order valence-corrected chi connectivity index (χ4v) is 1.63. The van der Waals surface area contributed by atoms with Crippen LogP contribution in [-0.2, 0) is 18.1 Å². The maximum Gasteiger partial charge on any atom is 0.115 e. The zero-order valence-electron chi connectivity index (χ0n) is 6.62. The Morgan fingerprint density at radius 2 is 2.09 bits per heavy atom. The Morgan fingerprint density at radius 3 is 2.27 bits per heavy atom. The molecule has 0 saturated heterocycles. The van der Waals surface area contributed by atoms with E-state index in [-0.39, 0.29) is 5.03 Å². The van der Waals surface area contributed by atoms with Crippen LogP contribution in [0.4, 0.5) is 0 Å². The number of nitrogens with zero attached hydrogens (tertiary/aromatic N) is 2. The molecule has 0 amide bonds. The van der Waals surface area contributed by atoms with Gasteiger partial charge in [0.1, 0.15) is 10.9 Å². The number of hydrogen-bond donors (Lipinski definition) is 0. The minimum atomic E-state index is -2.18. The van der Waals surface area contributed by atoms with Gasteiger partial charge in [-0.2, -0.15) is 0 Å². The van der Waals surface area contributed by atoms with Crippen molar-refractivity contribution in [2.45, 2.75) is 18.9 Å². The van der Waals surface area contributed by atoms with E-state index in [1.807, 2.05) is 0 Å². The van der Waals surface area contributed by atoms with Gasteiger partial charge in [-0.15, -0.1) is 0 Å². The lowest BCUT2D eigenvalue weighted by Crippen LogP contribution is -2.01. The third-order valence-corrected chi connectivity index (χ3v) is 2.47. The second kappa shape index (κ2) is 2.75. The van der Waals surface area contributed by atoms with E-state index < -0.39 is 11.1 Å². The Hall–Kier alpha value is -0.680. The number of imidazole rings is 1. The summed E-state index contributed by atoms with van der Waals surface area (Å²) in [6.07, 6.45) is 0. The standard InChI is InChI=1S/C6H10N2O2S/c1-4-6(11(9)10)8(3)5(2)7-4/h1-3H3,(H,9,10)/p-1. The van der Waals surface area contributed by atoms with E-state index in [0.29, 0.717) is 11.5 Å². The minimum Gasteiger partial charge on any atom is -0.767 e. The number of hydrogen-bond acceptors (Lipinski definition) is 3. The van der Waals surface area contributed by atoms with Gasteiger partial charge in [-0.3, -0.25) is 4.21 Å². The highest BCUT2D eigenvalue weighted by Gasteiger charge is 2.07. The Morgan fingerprint density at radius 1 is 1.55 bits per heavy atom. The molecule has 1 rings (SSSR count). The average molecular weight is 173 g/mol. The first-order valence-corrected chi connectivity index (χ1v) is 4.20. The summed E-state index contributed by atoms with van der Waals surface area (Å²) in [5.41, 5.74) is 0.554. The van der Waals surface area contributed by atoms with Crippen molar-refractivity contribution in [3.05, 3.63) is 11.5 Å². The number of rotatable bonds is 1. The fraction of sp³-hybridized carbons (Fsp3) is 0.500. The zero-order valence-corrected chi connectivity index (χ0v) is 7.44. The number of aryl methyl sites for hydroxylation is 2. The zero-order chi connectivity index (χ0) is 8.59. The molecule has 4 nitrogen and oxygen atoms in total. The molecule has 0 radical (unpaired) electrons. The van der Waals surface area contributed by atoms with Crippen molar-refractivity contribution in [1.29, 1.82) is 0 Å². The monoisotopic (exact) mass is 173 g/mol. The second-order valence-corrected chi connectivity index (χ2v) is 3.20. The Kier molecular flexibility index (Phi) is 2.10. The first-order chi connectivity index (χ1) is 5.04. The van der Waals surface area contributed by atoms with Gasteiger partial charge in [-0.05, 0) is 24.9 Å². The third-order valence-electron chi connectivity index (χ3n) is 1.59. The minimum absolute atomic E-state index is 0.266. The molecule has 11 heavy (non-hydrogen) atoms. The summed E-state index contributed by atoms with van der Waals surface area (Å²) in [6, 6.07) is 0. The van der Waals surface area contributed by atoms with Crippen LogP contribution in [0.25, 0.3) is 0 Å². The van der Waals surface area contributed by atoms with Crippen molar-refractivity contribution in [1.82, 2.24) is 9.55 Å². The van der Waals surface area contributed by atoms with Crippen LogP contribution in [0.15, 0.2) is 5.03 Å². The van der Waals surface area contributed by atoms with Crippen LogP contribution in [0.1, 0.15) is 11.5 Å². The largest absolute Gasteiger partial charge is 0.767 e. The van der Waals surface area contributed by atoms with E-state index in [9.17, 15) is 8.76 Å². The van der Waals surface area contributed by atoms with Crippen LogP contribution in [0.5, 0.6) is 0 Å². The summed E-state index contributed by atoms with van der Waals surface area (Å²) >= 11 is -2.18. The van der Waals surface area contributed by atoms with Gasteiger partial charge >= 0.3 is 0 Å². The molecule has 0 aromatic carbocycles. The van der Waals surface area contributed by atoms with Gasteiger partial charge in [0.15, 0.2) is 0 Å². The topological polar surface area (TPSA) is 58.0 Å². The van der Waals surface area contributed by atoms with Gasteiger partial charge in [0, 0.05) is 7.05 Å². The van der Waals surface area contributed by atoms with Crippen molar-refractivity contribution in [2.75, 3.05) is 0 Å². The molecule has 0 bridgehead atoms. The Labute approximate surface area is 67.5 Å². The molecule has 0 N–H and O–H groups in total. The van der Waals surface area contributed by atoms with Gasteiger partial charge in [-0.1, -0.05) is 0 Å². The summed E-state index contributed by atoms with van der Waals surface area (Å²) in [4.78, 5) is 4.00. The molecule has 5 heteroatoms. The summed E-state index contributed by atoms with van der Waals surface area (Å²) in [7, 11) is 1.68. The molecule has 62 valence electrons. The maximum absolute atomic E-state index is 10.6. The van der Waals surface area contributed by atoms with Crippen molar-refractivity contribution >= 4 is 11.1 Å². The molecule has 1 unspecified atom stereocenters. The van der Waals surface area contributed by atoms with Crippen LogP contribution in [0.3, 0.4) is 0 Å². The van der Waals surface area contributed by atoms with Crippen molar-refractivity contribution < 1.29 is 8.76 Å². The maximum atomic E-state index is 10.6. The summed E-state index contributed by atoms with van der Waals surface area (Å²) in [5.74, 6) is 0.710. The predicted molar refractivity (Wildman–Crippen MR) is 39.9 cm³/mol. The van der Waals surface area contributed by atoms with Gasteiger partial charge in [0.2, 0.25) is 0 Å². The van der Waals surface area contributed by atoms with Crippen LogP contribution in [-0.4, -0.2) is 18.3 Å². The van der Waals surface area contributed by atoms with Crippen LogP contribution in [0, 0.1) is 13.8 Å². The molecule has 0 aliphatic heterocycles. The second-order valence-electron chi connectivity index (χ2n) is 2.34. The first kappa shape index (κ1) is 8.42. The van der Waals surface area contributed by atoms with E-state index in [1.165, 1.54) is 0 Å². The quantitative estimate of drug-likeness (QED) is 0.573. The fourth-order valence-electron chi connectivity index (χ4n) is 0.988. The van der Waals surface area contributed by atoms with Crippen LogP contribution >= 0.6 is 0 Å². The summed E-state index contributed by atoms with van der Waals surface area (Å²) in [6.45, 7) is 3.45.